The number of nitrogens with zero attached hydrogens (tertiary/aromatic N) is 3. The Bertz CT molecular complexity index is 722. The van der Waals surface area contributed by atoms with Crippen molar-refractivity contribution >= 4 is 17.7 Å². The molecule has 0 saturated carbocycles. The molecule has 0 aliphatic carbocycles. The molecule has 140 valence electrons. The van der Waals surface area contributed by atoms with Crippen LogP contribution in [0.25, 0.3) is 11.5 Å². The molecule has 2 heterocycles. The van der Waals surface area contributed by atoms with Gasteiger partial charge in [0.2, 0.25) is 11.8 Å². The zero-order chi connectivity index (χ0) is 18.5. The Labute approximate surface area is 158 Å². The summed E-state index contributed by atoms with van der Waals surface area (Å²) in [7, 11) is 0. The van der Waals surface area contributed by atoms with Crippen molar-refractivity contribution in [2.45, 2.75) is 32.4 Å². The summed E-state index contributed by atoms with van der Waals surface area (Å²) in [6.45, 7) is 8.65. The van der Waals surface area contributed by atoms with Crippen LogP contribution in [0.4, 0.5) is 0 Å². The van der Waals surface area contributed by atoms with Gasteiger partial charge in [-0.15, -0.1) is 10.2 Å². The molecule has 26 heavy (non-hydrogen) atoms. The van der Waals surface area contributed by atoms with E-state index in [1.165, 1.54) is 18.2 Å². The van der Waals surface area contributed by atoms with E-state index in [1.54, 1.807) is 0 Å². The molecule has 1 aromatic heterocycles. The summed E-state index contributed by atoms with van der Waals surface area (Å²) in [6, 6.07) is 7.51. The van der Waals surface area contributed by atoms with Gasteiger partial charge in [-0.3, -0.25) is 4.79 Å². The highest BCUT2D eigenvalue weighted by molar-refractivity contribution is 7.99. The van der Waals surface area contributed by atoms with Gasteiger partial charge in [-0.1, -0.05) is 25.6 Å². The molecule has 1 fully saturated rings. The van der Waals surface area contributed by atoms with Gasteiger partial charge in [-0.05, 0) is 49.4 Å². The van der Waals surface area contributed by atoms with Crippen LogP contribution in [0.15, 0.2) is 33.9 Å². The predicted molar refractivity (Wildman–Crippen MR) is 101 cm³/mol. The van der Waals surface area contributed by atoms with Crippen molar-refractivity contribution in [3.63, 3.8) is 0 Å². The average Bonchev–Trinajstić information content (AvgIpc) is 3.09. The van der Waals surface area contributed by atoms with Gasteiger partial charge in [0.05, 0.1) is 12.4 Å². The summed E-state index contributed by atoms with van der Waals surface area (Å²) in [4.78, 5) is 14.4. The number of carbonyl (C=O) groups excluding carboxylic acids is 1. The average molecular weight is 375 g/mol. The highest BCUT2D eigenvalue weighted by atomic mass is 32.2. The van der Waals surface area contributed by atoms with Crippen molar-refractivity contribution < 1.29 is 13.9 Å². The van der Waals surface area contributed by atoms with E-state index in [0.29, 0.717) is 35.3 Å². The van der Waals surface area contributed by atoms with Gasteiger partial charge < -0.3 is 14.1 Å². The third kappa shape index (κ3) is 4.78. The van der Waals surface area contributed by atoms with Crippen molar-refractivity contribution in [3.05, 3.63) is 24.3 Å². The van der Waals surface area contributed by atoms with Crippen LogP contribution in [0.1, 0.15) is 27.2 Å². The first-order valence-electron chi connectivity index (χ1n) is 9.02. The molecule has 0 unspecified atom stereocenters. The Morgan fingerprint density at radius 1 is 1.23 bits per heavy atom. The number of hydrogen-bond donors (Lipinski definition) is 0. The number of thioether (sulfide) groups is 1. The summed E-state index contributed by atoms with van der Waals surface area (Å²) in [6.07, 6.45) is 1.19. The number of ether oxygens (including phenoxy) is 1. The van der Waals surface area contributed by atoms with Gasteiger partial charge in [0, 0.05) is 18.7 Å². The van der Waals surface area contributed by atoms with E-state index in [-0.39, 0.29) is 5.91 Å². The maximum Gasteiger partial charge on any atom is 0.277 e. The fourth-order valence-electron chi connectivity index (χ4n) is 3.33. The fourth-order valence-corrected chi connectivity index (χ4v) is 3.99. The third-order valence-corrected chi connectivity index (χ3v) is 5.16. The topological polar surface area (TPSA) is 68.5 Å². The van der Waals surface area contributed by atoms with Crippen LogP contribution in [0.3, 0.4) is 0 Å². The molecule has 2 atom stereocenters. The molecule has 1 aliphatic rings. The Hall–Kier alpha value is -2.02. The molecule has 1 saturated heterocycles. The molecule has 1 amide bonds. The van der Waals surface area contributed by atoms with E-state index < -0.39 is 0 Å². The number of hydrogen-bond acceptors (Lipinski definition) is 6. The summed E-state index contributed by atoms with van der Waals surface area (Å²) in [5, 5.41) is 8.53. The molecule has 7 heteroatoms. The van der Waals surface area contributed by atoms with Crippen molar-refractivity contribution in [2.24, 2.45) is 11.8 Å². The van der Waals surface area contributed by atoms with Gasteiger partial charge in [0.1, 0.15) is 5.75 Å². The molecule has 3 rings (SSSR count). The molecule has 6 nitrogen and oxygen atoms in total. The summed E-state index contributed by atoms with van der Waals surface area (Å²) >= 11 is 1.30. The molecular formula is C19H25N3O3S. The highest BCUT2D eigenvalue weighted by Crippen LogP contribution is 2.26. The van der Waals surface area contributed by atoms with Crippen LogP contribution in [0.2, 0.25) is 0 Å². The molecular weight excluding hydrogens is 350 g/mol. The van der Waals surface area contributed by atoms with Crippen LogP contribution < -0.4 is 4.74 Å². The summed E-state index contributed by atoms with van der Waals surface area (Å²) in [5.74, 6) is 2.83. The Balaban J connectivity index is 1.55. The summed E-state index contributed by atoms with van der Waals surface area (Å²) in [5.41, 5.74) is 0.831. The van der Waals surface area contributed by atoms with E-state index >= 15 is 0 Å². The monoisotopic (exact) mass is 375 g/mol. The number of rotatable bonds is 6. The number of amides is 1. The molecule has 0 bridgehead atoms. The van der Waals surface area contributed by atoms with Gasteiger partial charge >= 0.3 is 0 Å². The molecule has 1 aliphatic heterocycles. The van der Waals surface area contributed by atoms with E-state index in [9.17, 15) is 4.79 Å². The normalized spacial score (nSPS) is 20.2. The highest BCUT2D eigenvalue weighted by Gasteiger charge is 2.25. The van der Waals surface area contributed by atoms with Crippen molar-refractivity contribution in [1.29, 1.82) is 0 Å². The lowest BCUT2D eigenvalue weighted by molar-refractivity contribution is -0.130. The summed E-state index contributed by atoms with van der Waals surface area (Å²) < 4.78 is 11.1. The second kappa shape index (κ2) is 8.58. The Morgan fingerprint density at radius 3 is 2.58 bits per heavy atom. The SMILES string of the molecule is CCOc1ccc(-c2nnc(SCC(=O)N3C[C@@H](C)C[C@H](C)C3)o2)cc1. The van der Waals surface area contributed by atoms with Gasteiger partial charge in [0.25, 0.3) is 5.22 Å². The molecule has 0 radical (unpaired) electrons. The van der Waals surface area contributed by atoms with Gasteiger partial charge in [-0.2, -0.15) is 0 Å². The van der Waals surface area contributed by atoms with Crippen LogP contribution in [-0.4, -0.2) is 46.5 Å². The minimum atomic E-state index is 0.134. The maximum absolute atomic E-state index is 12.4. The van der Waals surface area contributed by atoms with Gasteiger partial charge in [-0.25, -0.2) is 0 Å². The smallest absolute Gasteiger partial charge is 0.277 e. The minimum Gasteiger partial charge on any atom is -0.494 e. The van der Waals surface area contributed by atoms with E-state index in [4.69, 9.17) is 9.15 Å². The molecule has 0 spiro atoms. The largest absolute Gasteiger partial charge is 0.494 e. The van der Waals surface area contributed by atoms with E-state index in [2.05, 4.69) is 24.0 Å². The second-order valence-corrected chi connectivity index (χ2v) is 7.79. The standard InChI is InChI=1S/C19H25N3O3S/c1-4-24-16-7-5-15(6-8-16)18-20-21-19(25-18)26-12-17(23)22-10-13(2)9-14(3)11-22/h5-8,13-14H,4,9-12H2,1-3H3/t13-,14-/m0/s1. The third-order valence-electron chi connectivity index (χ3n) is 4.36. The van der Waals surface area contributed by atoms with E-state index in [0.717, 1.165) is 24.4 Å². The zero-order valence-electron chi connectivity index (χ0n) is 15.5. The Morgan fingerprint density at radius 2 is 1.92 bits per heavy atom. The minimum absolute atomic E-state index is 0.134. The van der Waals surface area contributed by atoms with Crippen LogP contribution >= 0.6 is 11.8 Å². The zero-order valence-corrected chi connectivity index (χ0v) is 16.3. The maximum atomic E-state index is 12.4. The van der Waals surface area contributed by atoms with Gasteiger partial charge in [0.15, 0.2) is 0 Å². The quantitative estimate of drug-likeness (QED) is 0.717. The van der Waals surface area contributed by atoms with E-state index in [1.807, 2.05) is 36.1 Å². The van der Waals surface area contributed by atoms with Crippen LogP contribution in [-0.2, 0) is 4.79 Å². The lowest BCUT2D eigenvalue weighted by atomic mass is 9.92. The first-order chi connectivity index (χ1) is 12.5. The van der Waals surface area contributed by atoms with Crippen LogP contribution in [0, 0.1) is 11.8 Å². The first-order valence-corrected chi connectivity index (χ1v) is 10.0. The number of benzene rings is 1. The van der Waals surface area contributed by atoms with Crippen molar-refractivity contribution in [2.75, 3.05) is 25.4 Å². The first kappa shape index (κ1) is 18.8. The number of aromatic nitrogens is 2. The number of likely N-dealkylation sites (tertiary alicyclic amines) is 1. The second-order valence-electron chi connectivity index (χ2n) is 6.86. The van der Waals surface area contributed by atoms with Crippen molar-refractivity contribution in [1.82, 2.24) is 15.1 Å². The predicted octanol–water partition coefficient (Wildman–Crippen LogP) is 3.73. The lowest BCUT2D eigenvalue weighted by Crippen LogP contribution is -2.43. The molecule has 1 aromatic carbocycles. The number of piperidine rings is 1. The lowest BCUT2D eigenvalue weighted by Gasteiger charge is -2.34. The molecule has 0 N–H and O–H groups in total. The van der Waals surface area contributed by atoms with Crippen LogP contribution in [0.5, 0.6) is 5.75 Å². The molecule has 2 aromatic rings. The Kier molecular flexibility index (Phi) is 6.19. The fraction of sp³-hybridized carbons (Fsp3) is 0.526. The number of carbonyl (C=O) groups is 1. The van der Waals surface area contributed by atoms with Crippen molar-refractivity contribution in [3.8, 4) is 17.2 Å².